The zero-order chi connectivity index (χ0) is 8.39. The highest BCUT2D eigenvalue weighted by Crippen LogP contribution is 2.28. The molecule has 1 saturated heterocycles. The van der Waals surface area contributed by atoms with Crippen molar-refractivity contribution >= 4 is 0 Å². The van der Waals surface area contributed by atoms with Crippen LogP contribution >= 0.6 is 0 Å². The molecule has 0 aromatic carbocycles. The fourth-order valence-corrected chi connectivity index (χ4v) is 1.86. The smallest absolute Gasteiger partial charge is 0.0843 e. The second-order valence-electron chi connectivity index (χ2n) is 3.58. The van der Waals surface area contributed by atoms with E-state index in [1.807, 2.05) is 6.92 Å². The number of hydrogen-bond acceptors (Lipinski definition) is 2. The first-order valence-corrected chi connectivity index (χ1v) is 4.80. The molecule has 1 saturated carbocycles. The molecule has 66 valence electrons. The van der Waals surface area contributed by atoms with Crippen LogP contribution in [0.25, 0.3) is 0 Å². The average Bonchev–Trinajstić information content (AvgIpc) is 2.89. The van der Waals surface area contributed by atoms with E-state index in [4.69, 9.17) is 0 Å². The molecule has 2 aliphatic rings. The van der Waals surface area contributed by atoms with Gasteiger partial charge in [-0.2, -0.15) is 0 Å². The van der Waals surface area contributed by atoms with Crippen molar-refractivity contribution in [2.24, 2.45) is 0 Å². The fraction of sp³-hybridized carbons (Fsp3) is 0.800. The van der Waals surface area contributed by atoms with Crippen LogP contribution in [-0.2, 0) is 0 Å². The second-order valence-corrected chi connectivity index (χ2v) is 3.58. The van der Waals surface area contributed by atoms with Crippen LogP contribution < -0.4 is 5.32 Å². The highest BCUT2D eigenvalue weighted by atomic mass is 15.3. The zero-order valence-corrected chi connectivity index (χ0v) is 7.64. The van der Waals surface area contributed by atoms with E-state index in [0.29, 0.717) is 6.04 Å². The van der Waals surface area contributed by atoms with Crippen LogP contribution in [0.4, 0.5) is 0 Å². The van der Waals surface area contributed by atoms with E-state index in [1.165, 1.54) is 19.4 Å². The van der Waals surface area contributed by atoms with Gasteiger partial charge in [0, 0.05) is 25.7 Å². The summed E-state index contributed by atoms with van der Waals surface area (Å²) in [5, 5.41) is 3.39. The van der Waals surface area contributed by atoms with Crippen LogP contribution in [0.3, 0.4) is 0 Å². The lowest BCUT2D eigenvalue weighted by Gasteiger charge is -2.33. The van der Waals surface area contributed by atoms with Gasteiger partial charge >= 0.3 is 0 Å². The predicted octanol–water partition coefficient (Wildman–Crippen LogP) is 0.446. The van der Waals surface area contributed by atoms with E-state index < -0.39 is 0 Å². The maximum absolute atomic E-state index is 3.39. The Labute approximate surface area is 74.3 Å². The van der Waals surface area contributed by atoms with Crippen LogP contribution in [0.5, 0.6) is 0 Å². The first-order valence-electron chi connectivity index (χ1n) is 4.80. The lowest BCUT2D eigenvalue weighted by Crippen LogP contribution is -2.51. The molecule has 0 aromatic rings. The Morgan fingerprint density at radius 3 is 2.92 bits per heavy atom. The average molecular weight is 164 g/mol. The van der Waals surface area contributed by atoms with Gasteiger partial charge in [-0.3, -0.25) is 4.90 Å². The van der Waals surface area contributed by atoms with Crippen LogP contribution in [0.2, 0.25) is 0 Å². The quantitative estimate of drug-likeness (QED) is 0.566. The van der Waals surface area contributed by atoms with Crippen molar-refractivity contribution < 1.29 is 0 Å². The molecule has 1 aliphatic heterocycles. The van der Waals surface area contributed by atoms with E-state index >= 15 is 0 Å². The largest absolute Gasteiger partial charge is 0.313 e. The summed E-state index contributed by atoms with van der Waals surface area (Å²) in [6.45, 7) is 5.30. The summed E-state index contributed by atoms with van der Waals surface area (Å²) in [6.07, 6.45) is 2.78. The van der Waals surface area contributed by atoms with Gasteiger partial charge < -0.3 is 5.32 Å². The summed E-state index contributed by atoms with van der Waals surface area (Å²) in [7, 11) is 0. The van der Waals surface area contributed by atoms with Gasteiger partial charge in [0.2, 0.25) is 0 Å². The van der Waals surface area contributed by atoms with Gasteiger partial charge in [0.25, 0.3) is 0 Å². The Morgan fingerprint density at radius 1 is 1.42 bits per heavy atom. The minimum atomic E-state index is 0.483. The molecule has 1 aliphatic carbocycles. The highest BCUT2D eigenvalue weighted by Gasteiger charge is 2.34. The molecule has 2 fully saturated rings. The lowest BCUT2D eigenvalue weighted by atomic mass is 10.2. The molecular weight excluding hydrogens is 148 g/mol. The Bertz CT molecular complexity index is 210. The second kappa shape index (κ2) is 3.47. The van der Waals surface area contributed by atoms with E-state index in [1.54, 1.807) is 0 Å². The fourth-order valence-electron chi connectivity index (χ4n) is 1.86. The van der Waals surface area contributed by atoms with E-state index in [0.717, 1.165) is 19.1 Å². The Hall–Kier alpha value is -0.520. The van der Waals surface area contributed by atoms with Crippen molar-refractivity contribution in [1.82, 2.24) is 10.2 Å². The van der Waals surface area contributed by atoms with E-state index in [2.05, 4.69) is 22.1 Å². The maximum atomic E-state index is 3.39. The highest BCUT2D eigenvalue weighted by molar-refractivity contribution is 5.10. The molecule has 1 atom stereocenters. The molecule has 0 aromatic heterocycles. The van der Waals surface area contributed by atoms with Gasteiger partial charge in [-0.15, -0.1) is 5.92 Å². The third-order valence-corrected chi connectivity index (χ3v) is 2.61. The first kappa shape index (κ1) is 8.10. The Kier molecular flexibility index (Phi) is 2.34. The SMILES string of the molecule is CC#CC1CNCCN1C1CC1. The normalized spacial score (nSPS) is 30.9. The van der Waals surface area contributed by atoms with Crippen LogP contribution in [0.1, 0.15) is 19.8 Å². The number of piperazine rings is 1. The van der Waals surface area contributed by atoms with Crippen molar-refractivity contribution in [3.63, 3.8) is 0 Å². The van der Waals surface area contributed by atoms with Crippen molar-refractivity contribution in [3.05, 3.63) is 0 Å². The van der Waals surface area contributed by atoms with E-state index in [-0.39, 0.29) is 0 Å². The first-order chi connectivity index (χ1) is 5.92. The summed E-state index contributed by atoms with van der Waals surface area (Å²) in [6, 6.07) is 1.34. The molecule has 0 radical (unpaired) electrons. The summed E-state index contributed by atoms with van der Waals surface area (Å²) in [5.74, 6) is 6.29. The number of hydrogen-bond donors (Lipinski definition) is 1. The van der Waals surface area contributed by atoms with Gasteiger partial charge in [-0.05, 0) is 19.8 Å². The van der Waals surface area contributed by atoms with Gasteiger partial charge in [0.1, 0.15) is 0 Å². The minimum absolute atomic E-state index is 0.483. The molecule has 1 N–H and O–H groups in total. The summed E-state index contributed by atoms with van der Waals surface area (Å²) >= 11 is 0. The standard InChI is InChI=1S/C10H16N2/c1-2-3-10-8-11-6-7-12(10)9-4-5-9/h9-11H,4-8H2,1H3. The maximum Gasteiger partial charge on any atom is 0.0843 e. The van der Waals surface area contributed by atoms with Crippen molar-refractivity contribution in [2.75, 3.05) is 19.6 Å². The molecule has 2 rings (SSSR count). The summed E-state index contributed by atoms with van der Waals surface area (Å²) in [4.78, 5) is 2.56. The lowest BCUT2D eigenvalue weighted by molar-refractivity contribution is 0.189. The van der Waals surface area contributed by atoms with Crippen LogP contribution in [0, 0.1) is 11.8 Å². The molecule has 12 heavy (non-hydrogen) atoms. The van der Waals surface area contributed by atoms with Gasteiger partial charge in [0.15, 0.2) is 0 Å². The molecule has 0 amide bonds. The molecular formula is C10H16N2. The third kappa shape index (κ3) is 1.63. The number of nitrogens with zero attached hydrogens (tertiary/aromatic N) is 1. The van der Waals surface area contributed by atoms with Gasteiger partial charge in [0.05, 0.1) is 6.04 Å². The number of nitrogens with one attached hydrogen (secondary N) is 1. The van der Waals surface area contributed by atoms with Crippen molar-refractivity contribution in [3.8, 4) is 11.8 Å². The predicted molar refractivity (Wildman–Crippen MR) is 49.8 cm³/mol. The molecule has 1 heterocycles. The third-order valence-electron chi connectivity index (χ3n) is 2.61. The van der Waals surface area contributed by atoms with Gasteiger partial charge in [-0.1, -0.05) is 5.92 Å². The summed E-state index contributed by atoms with van der Waals surface area (Å²) in [5.41, 5.74) is 0. The summed E-state index contributed by atoms with van der Waals surface area (Å²) < 4.78 is 0. The molecule has 2 nitrogen and oxygen atoms in total. The molecule has 0 spiro atoms. The van der Waals surface area contributed by atoms with Crippen LogP contribution in [0.15, 0.2) is 0 Å². The Morgan fingerprint density at radius 2 is 2.25 bits per heavy atom. The van der Waals surface area contributed by atoms with E-state index in [9.17, 15) is 0 Å². The molecule has 2 heteroatoms. The Balaban J connectivity index is 1.98. The molecule has 0 bridgehead atoms. The minimum Gasteiger partial charge on any atom is -0.313 e. The topological polar surface area (TPSA) is 15.3 Å². The number of rotatable bonds is 1. The molecule has 1 unspecified atom stereocenters. The van der Waals surface area contributed by atoms with Crippen molar-refractivity contribution in [2.45, 2.75) is 31.8 Å². The van der Waals surface area contributed by atoms with Crippen molar-refractivity contribution in [1.29, 1.82) is 0 Å². The monoisotopic (exact) mass is 164 g/mol. The van der Waals surface area contributed by atoms with Crippen LogP contribution in [-0.4, -0.2) is 36.6 Å². The van der Waals surface area contributed by atoms with Gasteiger partial charge in [-0.25, -0.2) is 0 Å². The zero-order valence-electron chi connectivity index (χ0n) is 7.64.